The lowest BCUT2D eigenvalue weighted by Gasteiger charge is -2.50. The van der Waals surface area contributed by atoms with E-state index in [1.165, 1.54) is 16.0 Å². The highest BCUT2D eigenvalue weighted by molar-refractivity contribution is 5.96. The summed E-state index contributed by atoms with van der Waals surface area (Å²) in [6, 6.07) is 14.5. The molecule has 2 aromatic carbocycles. The number of aliphatic hydroxyl groups excluding tert-OH is 1. The van der Waals surface area contributed by atoms with E-state index >= 15 is 4.79 Å². The Morgan fingerprint density at radius 2 is 1.66 bits per heavy atom. The van der Waals surface area contributed by atoms with E-state index in [1.54, 1.807) is 39.1 Å². The number of carbonyl (C=O) groups excluding carboxylic acids is 5. The van der Waals surface area contributed by atoms with Gasteiger partial charge in [-0.25, -0.2) is 9.59 Å². The van der Waals surface area contributed by atoms with Crippen molar-refractivity contribution in [1.82, 2.24) is 15.3 Å². The molecule has 3 aliphatic carbocycles. The molecular formula is C44H51N3O12. The van der Waals surface area contributed by atoms with E-state index in [-0.39, 0.29) is 51.0 Å². The van der Waals surface area contributed by atoms with Gasteiger partial charge in [0.2, 0.25) is 17.9 Å². The Morgan fingerprint density at radius 1 is 0.966 bits per heavy atom. The predicted octanol–water partition coefficient (Wildman–Crippen LogP) is 2.47. The van der Waals surface area contributed by atoms with Gasteiger partial charge in [-0.1, -0.05) is 68.4 Å². The second-order valence-electron chi connectivity index (χ2n) is 17.8. The van der Waals surface area contributed by atoms with Gasteiger partial charge in [-0.05, 0) is 48.4 Å². The number of carbonyl (C=O) groups is 5. The maximum Gasteiger partial charge on any atom is 0.348 e. The summed E-state index contributed by atoms with van der Waals surface area (Å²) in [5, 5.41) is 13.8. The minimum Gasteiger partial charge on any atom is -0.462 e. The Balaban J connectivity index is 1.00. The van der Waals surface area contributed by atoms with Gasteiger partial charge in [0.25, 0.3) is 0 Å². The van der Waals surface area contributed by atoms with Crippen LogP contribution < -0.4 is 5.32 Å². The smallest absolute Gasteiger partial charge is 0.348 e. The van der Waals surface area contributed by atoms with Crippen molar-refractivity contribution in [3.63, 3.8) is 0 Å². The largest absolute Gasteiger partial charge is 0.462 e. The number of ether oxygens (including phenoxy) is 5. The summed E-state index contributed by atoms with van der Waals surface area (Å²) in [6.45, 7) is 3.61. The Hall–Kier alpha value is -4.67. The molecule has 0 unspecified atom stereocenters. The number of rotatable bonds is 14. The van der Waals surface area contributed by atoms with Crippen molar-refractivity contribution in [2.75, 3.05) is 26.8 Å². The first-order valence-corrected chi connectivity index (χ1v) is 20.7. The quantitative estimate of drug-likeness (QED) is 0.162. The van der Waals surface area contributed by atoms with Crippen LogP contribution in [0.3, 0.4) is 0 Å². The van der Waals surface area contributed by atoms with E-state index in [0.29, 0.717) is 5.56 Å². The molecule has 15 heteroatoms. The zero-order valence-corrected chi connectivity index (χ0v) is 33.5. The van der Waals surface area contributed by atoms with Gasteiger partial charge in [-0.15, -0.1) is 0 Å². The van der Waals surface area contributed by atoms with Crippen LogP contribution in [-0.2, 0) is 65.5 Å². The van der Waals surface area contributed by atoms with Crippen LogP contribution in [0.1, 0.15) is 62.6 Å². The minimum absolute atomic E-state index is 0.0150. The Kier molecular flexibility index (Phi) is 10.2. The number of aliphatic hydroxyl groups is 1. The number of hydrogen-bond acceptors (Lipinski definition) is 13. The lowest BCUT2D eigenvalue weighted by Crippen LogP contribution is -2.70. The van der Waals surface area contributed by atoms with Gasteiger partial charge < -0.3 is 39.0 Å². The highest BCUT2D eigenvalue weighted by atomic mass is 16.8. The van der Waals surface area contributed by atoms with E-state index in [0.717, 1.165) is 36.8 Å². The van der Waals surface area contributed by atoms with Crippen molar-refractivity contribution in [3.8, 4) is 0 Å². The molecule has 2 bridgehead atoms. The van der Waals surface area contributed by atoms with Crippen molar-refractivity contribution < 1.29 is 57.6 Å². The molecule has 2 amide bonds. The van der Waals surface area contributed by atoms with Crippen LogP contribution in [-0.4, -0.2) is 120 Å². The Bertz CT molecular complexity index is 2000. The number of amides is 2. The van der Waals surface area contributed by atoms with E-state index in [4.69, 9.17) is 28.5 Å². The highest BCUT2D eigenvalue weighted by Crippen LogP contribution is 2.64. The number of nitrogens with zero attached hydrogens (tertiary/aromatic N) is 2. The van der Waals surface area contributed by atoms with Crippen LogP contribution >= 0.6 is 0 Å². The van der Waals surface area contributed by atoms with Gasteiger partial charge >= 0.3 is 17.9 Å². The fourth-order valence-corrected chi connectivity index (χ4v) is 9.83. The van der Waals surface area contributed by atoms with Crippen LogP contribution in [0, 0.1) is 22.7 Å². The summed E-state index contributed by atoms with van der Waals surface area (Å²) in [4.78, 5) is 76.5. The number of hydroxylamine groups is 2. The third-order valence-electron chi connectivity index (χ3n) is 13.1. The zero-order chi connectivity index (χ0) is 41.3. The maximum atomic E-state index is 15.4. The third-order valence-corrected chi connectivity index (χ3v) is 13.1. The summed E-state index contributed by atoms with van der Waals surface area (Å²) >= 11 is 0. The Labute approximate surface area is 342 Å². The van der Waals surface area contributed by atoms with Gasteiger partial charge in [0, 0.05) is 49.8 Å². The molecule has 0 spiro atoms. The molecular weight excluding hydrogens is 762 g/mol. The van der Waals surface area contributed by atoms with Gasteiger partial charge in [0.05, 0.1) is 13.2 Å². The van der Waals surface area contributed by atoms with E-state index in [1.807, 2.05) is 42.5 Å². The number of fused-ring (bicyclic) bond motifs is 4. The summed E-state index contributed by atoms with van der Waals surface area (Å²) in [5.74, 6) is -3.12. The monoisotopic (exact) mass is 813 g/mol. The summed E-state index contributed by atoms with van der Waals surface area (Å²) < 4.78 is 30.5. The molecule has 7 aliphatic rings. The van der Waals surface area contributed by atoms with Crippen molar-refractivity contribution in [3.05, 3.63) is 77.4 Å². The normalized spacial score (nSPS) is 31.9. The molecule has 15 nitrogen and oxygen atoms in total. The minimum atomic E-state index is -1.49. The average Bonchev–Trinajstić information content (AvgIpc) is 4.17. The molecule has 9 rings (SSSR count). The molecule has 2 N–H and O–H groups in total. The van der Waals surface area contributed by atoms with Crippen molar-refractivity contribution >= 4 is 35.8 Å². The Morgan fingerprint density at radius 3 is 2.31 bits per heavy atom. The molecule has 314 valence electrons. The van der Waals surface area contributed by atoms with Gasteiger partial charge in [-0.3, -0.25) is 19.2 Å². The lowest BCUT2D eigenvalue weighted by atomic mass is 9.62. The van der Waals surface area contributed by atoms with Crippen LogP contribution in [0.2, 0.25) is 0 Å². The molecule has 7 fully saturated rings. The van der Waals surface area contributed by atoms with Crippen LogP contribution in [0.25, 0.3) is 6.08 Å². The lowest BCUT2D eigenvalue weighted by molar-refractivity contribution is -0.235. The molecule has 0 aromatic heterocycles. The van der Waals surface area contributed by atoms with Gasteiger partial charge in [-0.2, -0.15) is 5.06 Å². The topological polar surface area (TPSA) is 179 Å². The molecule has 4 saturated heterocycles. The highest BCUT2D eigenvalue weighted by Gasteiger charge is 2.78. The van der Waals surface area contributed by atoms with Gasteiger partial charge in [0.1, 0.15) is 42.5 Å². The molecule has 2 aromatic rings. The van der Waals surface area contributed by atoms with Crippen molar-refractivity contribution in [1.29, 1.82) is 0 Å². The van der Waals surface area contributed by atoms with E-state index in [9.17, 15) is 24.3 Å². The average molecular weight is 814 g/mol. The number of cyclic esters (lactones) is 1. The number of benzene rings is 2. The zero-order valence-electron chi connectivity index (χ0n) is 33.5. The van der Waals surface area contributed by atoms with Crippen LogP contribution in [0.5, 0.6) is 0 Å². The molecule has 4 heterocycles. The first kappa shape index (κ1) is 39.8. The van der Waals surface area contributed by atoms with Crippen molar-refractivity contribution in [2.24, 2.45) is 22.7 Å². The van der Waals surface area contributed by atoms with E-state index < -0.39 is 88.9 Å². The molecule has 59 heavy (non-hydrogen) atoms. The number of nitrogens with one attached hydrogen (secondary N) is 1. The SMILES string of the molecule is CN(C(=O)[C@@]12C[C@H]3OC(=O)[C@@H]1N(Cc1ccc(C=CC(=O)O[C@H]4C(=O)OCC4(C)C)cc1)O[C@@H]2[C@H]1OC(C2CC2)(C2CC2)O[C@H]13)[C@H](Cc1ccccc1)C(=O)NCCO. The van der Waals surface area contributed by atoms with Crippen molar-refractivity contribution in [2.45, 2.75) is 107 Å². The maximum absolute atomic E-state index is 15.4. The second-order valence-corrected chi connectivity index (χ2v) is 17.8. The van der Waals surface area contributed by atoms with E-state index in [2.05, 4.69) is 5.32 Å². The number of esters is 3. The molecule has 8 atom stereocenters. The number of hydrogen-bond donors (Lipinski definition) is 2. The molecule has 3 saturated carbocycles. The van der Waals surface area contributed by atoms with Crippen LogP contribution in [0.15, 0.2) is 60.7 Å². The third kappa shape index (κ3) is 7.03. The second kappa shape index (κ2) is 15.1. The molecule has 0 radical (unpaired) electrons. The van der Waals surface area contributed by atoms with Crippen LogP contribution in [0.4, 0.5) is 0 Å². The number of likely N-dealkylation sites (N-methyl/N-ethyl adjacent to an activating group) is 1. The first-order chi connectivity index (χ1) is 28.3. The summed E-state index contributed by atoms with van der Waals surface area (Å²) in [5.41, 5.74) is 0.153. The predicted molar refractivity (Wildman–Crippen MR) is 206 cm³/mol. The standard InChI is InChI=1S/C44H51N3O12/c1-42(2)24-54-40(52)37(42)56-32(49)18-13-25-9-11-27(12-10-25)23-47-35-39(51)55-31-22-43(35,36(59-47)34-33(31)57-44(58-34,28-14-15-28)29-16-17-29)41(53)46(3)30(38(50)45-19-20-48)21-26-7-5-4-6-8-26/h4-13,18,28-31,33-37,48H,14-17,19-24H2,1-3H3,(H,45,50)/t30-,31-,33+,34+,35+,36-,37+,43+/m1/s1. The molecule has 4 aliphatic heterocycles. The first-order valence-electron chi connectivity index (χ1n) is 20.7. The summed E-state index contributed by atoms with van der Waals surface area (Å²) in [6.07, 6.45) is 3.00. The summed E-state index contributed by atoms with van der Waals surface area (Å²) in [7, 11) is 1.58. The fraction of sp³-hybridized carbons (Fsp3) is 0.568. The fourth-order valence-electron chi connectivity index (χ4n) is 9.83. The van der Waals surface area contributed by atoms with Gasteiger partial charge in [0.15, 0.2) is 11.8 Å².